The Hall–Kier alpha value is -0.570. The van der Waals surface area contributed by atoms with Crippen LogP contribution >= 0.6 is 0 Å². The molecular formula is C12H21NO2. The number of piperidine rings is 1. The zero-order chi connectivity index (χ0) is 10.7. The molecule has 1 N–H and O–H groups in total. The van der Waals surface area contributed by atoms with Crippen molar-refractivity contribution in [1.82, 2.24) is 5.32 Å². The Bertz CT molecular complexity index is 224. The van der Waals surface area contributed by atoms with Crippen molar-refractivity contribution in [3.05, 3.63) is 0 Å². The van der Waals surface area contributed by atoms with Crippen LogP contribution in [0.5, 0.6) is 0 Å². The molecule has 3 heteroatoms. The quantitative estimate of drug-likeness (QED) is 0.707. The molecule has 15 heavy (non-hydrogen) atoms. The van der Waals surface area contributed by atoms with E-state index in [0.717, 1.165) is 19.4 Å². The van der Waals surface area contributed by atoms with Crippen molar-refractivity contribution in [3.63, 3.8) is 0 Å². The second kappa shape index (κ2) is 4.97. The van der Waals surface area contributed by atoms with Gasteiger partial charge in [-0.3, -0.25) is 4.79 Å². The van der Waals surface area contributed by atoms with E-state index in [0.29, 0.717) is 12.0 Å². The number of methoxy groups -OCH3 is 1. The minimum Gasteiger partial charge on any atom is -0.469 e. The largest absolute Gasteiger partial charge is 0.469 e. The van der Waals surface area contributed by atoms with E-state index in [-0.39, 0.29) is 11.9 Å². The molecule has 0 amide bonds. The van der Waals surface area contributed by atoms with Crippen molar-refractivity contribution < 1.29 is 9.53 Å². The van der Waals surface area contributed by atoms with Gasteiger partial charge >= 0.3 is 5.97 Å². The SMILES string of the molecule is COC(=O)C1CCCNC1C1CCCC1. The van der Waals surface area contributed by atoms with Gasteiger partial charge in [0.15, 0.2) is 0 Å². The molecule has 1 saturated heterocycles. The van der Waals surface area contributed by atoms with Gasteiger partial charge in [0.1, 0.15) is 0 Å². The van der Waals surface area contributed by atoms with E-state index in [4.69, 9.17) is 4.74 Å². The van der Waals surface area contributed by atoms with Crippen molar-refractivity contribution in [2.45, 2.75) is 44.6 Å². The number of nitrogens with one attached hydrogen (secondary N) is 1. The van der Waals surface area contributed by atoms with Crippen LogP contribution in [0.1, 0.15) is 38.5 Å². The first-order valence-corrected chi connectivity index (χ1v) is 6.14. The van der Waals surface area contributed by atoms with E-state index in [9.17, 15) is 4.79 Å². The molecule has 1 aliphatic heterocycles. The smallest absolute Gasteiger partial charge is 0.310 e. The highest BCUT2D eigenvalue weighted by Crippen LogP contribution is 2.34. The predicted molar refractivity (Wildman–Crippen MR) is 58.5 cm³/mol. The van der Waals surface area contributed by atoms with Crippen LogP contribution in [-0.2, 0) is 9.53 Å². The summed E-state index contributed by atoms with van der Waals surface area (Å²) in [6.07, 6.45) is 7.33. The molecule has 1 saturated carbocycles. The number of esters is 1. The molecule has 1 aliphatic carbocycles. The van der Waals surface area contributed by atoms with E-state index in [2.05, 4.69) is 5.32 Å². The molecule has 0 aromatic carbocycles. The molecule has 2 rings (SSSR count). The van der Waals surface area contributed by atoms with Gasteiger partial charge in [-0.05, 0) is 38.1 Å². The fourth-order valence-corrected chi connectivity index (χ4v) is 3.14. The molecule has 0 bridgehead atoms. The van der Waals surface area contributed by atoms with Crippen LogP contribution in [0.4, 0.5) is 0 Å². The highest BCUT2D eigenvalue weighted by Gasteiger charge is 2.37. The number of carbonyl (C=O) groups excluding carboxylic acids is 1. The summed E-state index contributed by atoms with van der Waals surface area (Å²) in [6.45, 7) is 1.06. The Kier molecular flexibility index (Phi) is 3.62. The Balaban J connectivity index is 2.01. The first-order valence-electron chi connectivity index (χ1n) is 6.14. The van der Waals surface area contributed by atoms with Crippen LogP contribution in [0.2, 0.25) is 0 Å². The third-order valence-electron chi connectivity index (χ3n) is 3.92. The zero-order valence-corrected chi connectivity index (χ0v) is 9.50. The lowest BCUT2D eigenvalue weighted by Gasteiger charge is -2.34. The molecule has 0 spiro atoms. The molecule has 2 atom stereocenters. The number of carbonyl (C=O) groups is 1. The van der Waals surface area contributed by atoms with Gasteiger partial charge in [-0.2, -0.15) is 0 Å². The monoisotopic (exact) mass is 211 g/mol. The van der Waals surface area contributed by atoms with E-state index in [1.54, 1.807) is 0 Å². The molecule has 2 aliphatic rings. The molecule has 86 valence electrons. The lowest BCUT2D eigenvalue weighted by atomic mass is 9.82. The van der Waals surface area contributed by atoms with Crippen LogP contribution in [0, 0.1) is 11.8 Å². The molecule has 3 nitrogen and oxygen atoms in total. The highest BCUT2D eigenvalue weighted by atomic mass is 16.5. The summed E-state index contributed by atoms with van der Waals surface area (Å²) in [5.41, 5.74) is 0. The van der Waals surface area contributed by atoms with E-state index < -0.39 is 0 Å². The van der Waals surface area contributed by atoms with Gasteiger partial charge in [0, 0.05) is 6.04 Å². The minimum absolute atomic E-state index is 0.0147. The maximum Gasteiger partial charge on any atom is 0.310 e. The lowest BCUT2D eigenvalue weighted by Crippen LogP contribution is -2.48. The van der Waals surface area contributed by atoms with Crippen molar-refractivity contribution >= 4 is 5.97 Å². The van der Waals surface area contributed by atoms with Crippen LogP contribution in [0.25, 0.3) is 0 Å². The van der Waals surface area contributed by atoms with Gasteiger partial charge in [-0.25, -0.2) is 0 Å². The second-order valence-electron chi connectivity index (χ2n) is 4.80. The first kappa shape index (κ1) is 10.9. The van der Waals surface area contributed by atoms with Crippen molar-refractivity contribution in [3.8, 4) is 0 Å². The van der Waals surface area contributed by atoms with Crippen molar-refractivity contribution in [2.75, 3.05) is 13.7 Å². The molecular weight excluding hydrogens is 190 g/mol. The maximum atomic E-state index is 11.7. The van der Waals surface area contributed by atoms with Crippen LogP contribution in [0.15, 0.2) is 0 Å². The van der Waals surface area contributed by atoms with Gasteiger partial charge in [0.05, 0.1) is 13.0 Å². The van der Waals surface area contributed by atoms with Gasteiger partial charge in [0.2, 0.25) is 0 Å². The molecule has 2 fully saturated rings. The van der Waals surface area contributed by atoms with Crippen molar-refractivity contribution in [2.24, 2.45) is 11.8 Å². The van der Waals surface area contributed by atoms with Gasteiger partial charge in [-0.1, -0.05) is 12.8 Å². The Labute approximate surface area is 91.6 Å². The molecule has 2 unspecified atom stereocenters. The Morgan fingerprint density at radius 2 is 1.93 bits per heavy atom. The average Bonchev–Trinajstić information content (AvgIpc) is 2.81. The third kappa shape index (κ3) is 2.33. The Morgan fingerprint density at radius 1 is 1.20 bits per heavy atom. The van der Waals surface area contributed by atoms with Gasteiger partial charge in [0.25, 0.3) is 0 Å². The van der Waals surface area contributed by atoms with Crippen LogP contribution < -0.4 is 5.32 Å². The summed E-state index contributed by atoms with van der Waals surface area (Å²) in [5, 5.41) is 3.53. The Morgan fingerprint density at radius 3 is 2.60 bits per heavy atom. The zero-order valence-electron chi connectivity index (χ0n) is 9.50. The summed E-state index contributed by atoms with van der Waals surface area (Å²) in [4.78, 5) is 11.7. The predicted octanol–water partition coefficient (Wildman–Crippen LogP) is 1.72. The third-order valence-corrected chi connectivity index (χ3v) is 3.92. The number of rotatable bonds is 2. The molecule has 0 aromatic rings. The van der Waals surface area contributed by atoms with Gasteiger partial charge in [-0.15, -0.1) is 0 Å². The number of hydrogen-bond acceptors (Lipinski definition) is 3. The van der Waals surface area contributed by atoms with E-state index in [1.807, 2.05) is 0 Å². The molecule has 1 heterocycles. The number of hydrogen-bond donors (Lipinski definition) is 1. The summed E-state index contributed by atoms with van der Waals surface area (Å²) >= 11 is 0. The standard InChI is InChI=1S/C12H21NO2/c1-15-12(14)10-7-4-8-13-11(10)9-5-2-3-6-9/h9-11,13H,2-8H2,1H3. The van der Waals surface area contributed by atoms with Crippen LogP contribution in [-0.4, -0.2) is 25.7 Å². The fourth-order valence-electron chi connectivity index (χ4n) is 3.14. The summed E-state index contributed by atoms with van der Waals surface area (Å²) < 4.78 is 4.90. The summed E-state index contributed by atoms with van der Waals surface area (Å²) in [6, 6.07) is 0.383. The average molecular weight is 211 g/mol. The maximum absolute atomic E-state index is 11.7. The van der Waals surface area contributed by atoms with Crippen LogP contribution in [0.3, 0.4) is 0 Å². The van der Waals surface area contributed by atoms with E-state index in [1.165, 1.54) is 32.8 Å². The summed E-state index contributed by atoms with van der Waals surface area (Å²) in [7, 11) is 1.50. The van der Waals surface area contributed by atoms with E-state index >= 15 is 0 Å². The molecule has 0 radical (unpaired) electrons. The summed E-state index contributed by atoms with van der Waals surface area (Å²) in [5.74, 6) is 0.792. The highest BCUT2D eigenvalue weighted by molar-refractivity contribution is 5.73. The second-order valence-corrected chi connectivity index (χ2v) is 4.80. The lowest BCUT2D eigenvalue weighted by molar-refractivity contribution is -0.148. The normalized spacial score (nSPS) is 32.9. The van der Waals surface area contributed by atoms with Crippen molar-refractivity contribution in [1.29, 1.82) is 0 Å². The number of ether oxygens (including phenoxy) is 1. The topological polar surface area (TPSA) is 38.3 Å². The fraction of sp³-hybridized carbons (Fsp3) is 0.917. The minimum atomic E-state index is -0.0147. The van der Waals surface area contributed by atoms with Gasteiger partial charge < -0.3 is 10.1 Å². The first-order chi connectivity index (χ1) is 7.33. The molecule has 0 aromatic heterocycles.